The van der Waals surface area contributed by atoms with E-state index < -0.39 is 0 Å². The summed E-state index contributed by atoms with van der Waals surface area (Å²) in [5.41, 5.74) is 3.56. The van der Waals surface area contributed by atoms with E-state index in [4.69, 9.17) is 16.3 Å². The van der Waals surface area contributed by atoms with Crippen molar-refractivity contribution in [2.24, 2.45) is 0 Å². The van der Waals surface area contributed by atoms with Gasteiger partial charge in [0.1, 0.15) is 5.75 Å². The summed E-state index contributed by atoms with van der Waals surface area (Å²) in [6.45, 7) is 5.04. The first-order chi connectivity index (χ1) is 10.2. The minimum Gasteiger partial charge on any atom is -0.492 e. The van der Waals surface area contributed by atoms with Crippen LogP contribution in [-0.2, 0) is 0 Å². The van der Waals surface area contributed by atoms with Crippen molar-refractivity contribution >= 4 is 11.6 Å². The summed E-state index contributed by atoms with van der Waals surface area (Å²) < 4.78 is 5.76. The molecule has 2 heteroatoms. The van der Waals surface area contributed by atoms with Crippen LogP contribution in [0.2, 0.25) is 5.02 Å². The van der Waals surface area contributed by atoms with Gasteiger partial charge in [0, 0.05) is 0 Å². The van der Waals surface area contributed by atoms with Crippen molar-refractivity contribution in [2.75, 3.05) is 6.61 Å². The number of ether oxygens (including phenoxy) is 1. The predicted octanol–water partition coefficient (Wildman–Crippen LogP) is 6.27. The molecule has 2 aromatic rings. The summed E-state index contributed by atoms with van der Waals surface area (Å²) in [6, 6.07) is 14.5. The van der Waals surface area contributed by atoms with Gasteiger partial charge in [0.2, 0.25) is 0 Å². The number of rotatable bonds is 7. The lowest BCUT2D eigenvalue weighted by molar-refractivity contribution is 0.305. The van der Waals surface area contributed by atoms with Gasteiger partial charge in [-0.1, -0.05) is 73.7 Å². The molecule has 0 radical (unpaired) electrons. The van der Waals surface area contributed by atoms with Crippen molar-refractivity contribution in [3.05, 3.63) is 53.1 Å². The third-order valence-corrected chi connectivity index (χ3v) is 3.87. The molecule has 0 heterocycles. The fourth-order valence-electron chi connectivity index (χ4n) is 2.25. The first kappa shape index (κ1) is 15.9. The average molecular weight is 303 g/mol. The number of benzene rings is 2. The molecule has 0 spiro atoms. The Hall–Kier alpha value is -1.47. The molecule has 0 aliphatic heterocycles. The van der Waals surface area contributed by atoms with Gasteiger partial charge in [0.05, 0.1) is 11.6 Å². The Bertz CT molecular complexity index is 560. The van der Waals surface area contributed by atoms with E-state index in [0.717, 1.165) is 24.3 Å². The third-order valence-electron chi connectivity index (χ3n) is 3.57. The van der Waals surface area contributed by atoms with Crippen molar-refractivity contribution in [3.63, 3.8) is 0 Å². The molecule has 0 amide bonds. The van der Waals surface area contributed by atoms with Gasteiger partial charge in [0.15, 0.2) is 0 Å². The minimum absolute atomic E-state index is 0.684. The molecule has 0 fully saturated rings. The summed E-state index contributed by atoms with van der Waals surface area (Å²) in [6.07, 6.45) is 4.81. The standard InChI is InChI=1S/C19H23ClO/c1-3-4-5-6-13-21-19-12-11-17(14-18(19)20)16-9-7-15(2)8-10-16/h7-12,14H,3-6,13H2,1-2H3. The highest BCUT2D eigenvalue weighted by Crippen LogP contribution is 2.30. The van der Waals surface area contributed by atoms with Gasteiger partial charge in [-0.3, -0.25) is 0 Å². The van der Waals surface area contributed by atoms with Crippen molar-refractivity contribution in [1.82, 2.24) is 0 Å². The molecule has 0 saturated carbocycles. The second-order valence-corrected chi connectivity index (χ2v) is 5.83. The topological polar surface area (TPSA) is 9.23 Å². The largest absolute Gasteiger partial charge is 0.492 e. The summed E-state index contributed by atoms with van der Waals surface area (Å²) in [4.78, 5) is 0. The van der Waals surface area contributed by atoms with Gasteiger partial charge in [-0.2, -0.15) is 0 Å². The zero-order valence-corrected chi connectivity index (χ0v) is 13.6. The zero-order chi connectivity index (χ0) is 15.1. The van der Waals surface area contributed by atoms with E-state index in [1.165, 1.54) is 30.4 Å². The Kier molecular flexibility index (Phi) is 6.13. The van der Waals surface area contributed by atoms with E-state index in [1.807, 2.05) is 12.1 Å². The molecule has 0 saturated heterocycles. The number of hydrogen-bond donors (Lipinski definition) is 0. The molecule has 0 aromatic heterocycles. The van der Waals surface area contributed by atoms with Crippen molar-refractivity contribution in [3.8, 4) is 16.9 Å². The lowest BCUT2D eigenvalue weighted by atomic mass is 10.0. The summed E-state index contributed by atoms with van der Waals surface area (Å²) in [5.74, 6) is 0.782. The highest BCUT2D eigenvalue weighted by molar-refractivity contribution is 6.32. The van der Waals surface area contributed by atoms with Gasteiger partial charge in [-0.05, 0) is 36.6 Å². The van der Waals surface area contributed by atoms with Crippen molar-refractivity contribution in [1.29, 1.82) is 0 Å². The predicted molar refractivity (Wildman–Crippen MR) is 91.3 cm³/mol. The molecule has 0 aliphatic rings. The molecular weight excluding hydrogens is 280 g/mol. The maximum Gasteiger partial charge on any atom is 0.137 e. The van der Waals surface area contributed by atoms with Crippen molar-refractivity contribution < 1.29 is 4.74 Å². The summed E-state index contributed by atoms with van der Waals surface area (Å²) in [5, 5.41) is 0.684. The molecule has 0 unspecified atom stereocenters. The van der Waals surface area contributed by atoms with Crippen LogP contribution < -0.4 is 4.74 Å². The summed E-state index contributed by atoms with van der Waals surface area (Å²) in [7, 11) is 0. The highest BCUT2D eigenvalue weighted by Gasteiger charge is 2.05. The van der Waals surface area contributed by atoms with Crippen LogP contribution in [0.25, 0.3) is 11.1 Å². The van der Waals surface area contributed by atoms with Gasteiger partial charge < -0.3 is 4.74 Å². The third kappa shape index (κ3) is 4.78. The normalized spacial score (nSPS) is 10.6. The van der Waals surface area contributed by atoms with Gasteiger partial charge in [-0.15, -0.1) is 0 Å². The fraction of sp³-hybridized carbons (Fsp3) is 0.368. The Morgan fingerprint density at radius 2 is 1.62 bits per heavy atom. The Balaban J connectivity index is 1.98. The van der Waals surface area contributed by atoms with Crippen LogP contribution in [0.3, 0.4) is 0 Å². The number of aryl methyl sites for hydroxylation is 1. The van der Waals surface area contributed by atoms with Crippen LogP contribution in [-0.4, -0.2) is 6.61 Å². The van der Waals surface area contributed by atoms with Crippen LogP contribution in [0.5, 0.6) is 5.75 Å². The maximum absolute atomic E-state index is 6.33. The van der Waals surface area contributed by atoms with E-state index in [2.05, 4.69) is 44.2 Å². The molecule has 112 valence electrons. The van der Waals surface area contributed by atoms with Gasteiger partial charge >= 0.3 is 0 Å². The first-order valence-electron chi connectivity index (χ1n) is 7.70. The number of unbranched alkanes of at least 4 members (excludes halogenated alkanes) is 3. The number of hydrogen-bond acceptors (Lipinski definition) is 1. The molecule has 2 rings (SSSR count). The Labute approximate surface area is 132 Å². The Morgan fingerprint density at radius 3 is 2.29 bits per heavy atom. The minimum atomic E-state index is 0.684. The van der Waals surface area contributed by atoms with E-state index in [0.29, 0.717) is 5.02 Å². The second kappa shape index (κ2) is 8.09. The molecule has 0 N–H and O–H groups in total. The fourth-order valence-corrected chi connectivity index (χ4v) is 2.49. The zero-order valence-electron chi connectivity index (χ0n) is 12.9. The van der Waals surface area contributed by atoms with Crippen LogP contribution in [0.15, 0.2) is 42.5 Å². The quantitative estimate of drug-likeness (QED) is 0.547. The first-order valence-corrected chi connectivity index (χ1v) is 8.08. The van der Waals surface area contributed by atoms with Crippen LogP contribution in [0, 0.1) is 6.92 Å². The lowest BCUT2D eigenvalue weighted by Gasteiger charge is -2.10. The molecule has 1 nitrogen and oxygen atoms in total. The molecule has 2 aromatic carbocycles. The van der Waals surface area contributed by atoms with Crippen molar-refractivity contribution in [2.45, 2.75) is 39.5 Å². The smallest absolute Gasteiger partial charge is 0.137 e. The molecule has 21 heavy (non-hydrogen) atoms. The molecule has 0 aliphatic carbocycles. The van der Waals surface area contributed by atoms with E-state index in [1.54, 1.807) is 0 Å². The van der Waals surface area contributed by atoms with Crippen LogP contribution in [0.1, 0.15) is 38.2 Å². The molecular formula is C19H23ClO. The van der Waals surface area contributed by atoms with Gasteiger partial charge in [-0.25, -0.2) is 0 Å². The monoisotopic (exact) mass is 302 g/mol. The van der Waals surface area contributed by atoms with E-state index in [-0.39, 0.29) is 0 Å². The average Bonchev–Trinajstić information content (AvgIpc) is 2.49. The lowest BCUT2D eigenvalue weighted by Crippen LogP contribution is -1.97. The maximum atomic E-state index is 6.33. The molecule has 0 bridgehead atoms. The Morgan fingerprint density at radius 1 is 0.905 bits per heavy atom. The van der Waals surface area contributed by atoms with Crippen LogP contribution in [0.4, 0.5) is 0 Å². The SMILES string of the molecule is CCCCCCOc1ccc(-c2ccc(C)cc2)cc1Cl. The van der Waals surface area contributed by atoms with E-state index in [9.17, 15) is 0 Å². The highest BCUT2D eigenvalue weighted by atomic mass is 35.5. The number of halogens is 1. The molecule has 0 atom stereocenters. The van der Waals surface area contributed by atoms with Gasteiger partial charge in [0.25, 0.3) is 0 Å². The van der Waals surface area contributed by atoms with E-state index >= 15 is 0 Å². The summed E-state index contributed by atoms with van der Waals surface area (Å²) >= 11 is 6.33. The van der Waals surface area contributed by atoms with Crippen LogP contribution >= 0.6 is 11.6 Å². The second-order valence-electron chi connectivity index (χ2n) is 5.42.